The first-order chi connectivity index (χ1) is 28.4. The normalized spacial score (nSPS) is 23.6. The molecule has 2 aliphatic rings. The number of ether oxygens (including phenoxy) is 2. The van der Waals surface area contributed by atoms with E-state index in [0.717, 1.165) is 10.4 Å². The molecular weight excluding hydrogens is 856 g/mol. The zero-order chi connectivity index (χ0) is 44.7. The van der Waals surface area contributed by atoms with Crippen LogP contribution in [-0.2, 0) is 39.2 Å². The third-order valence-corrected chi connectivity index (χ3v) is 23.3. The first kappa shape index (κ1) is 47.1. The van der Waals surface area contributed by atoms with Crippen molar-refractivity contribution in [2.45, 2.75) is 128 Å². The van der Waals surface area contributed by atoms with Crippen LogP contribution in [0.1, 0.15) is 78.0 Å². The molecule has 19 heteroatoms. The van der Waals surface area contributed by atoms with Gasteiger partial charge in [0, 0.05) is 36.4 Å². The lowest BCUT2D eigenvalue weighted by molar-refractivity contribution is -0.0506. The molecule has 2 fully saturated rings. The lowest BCUT2D eigenvalue weighted by Gasteiger charge is -2.45. The average Bonchev–Trinajstić information content (AvgIpc) is 3.77. The smallest absolute Gasteiger partial charge is 0.330 e. The van der Waals surface area contributed by atoms with Crippen molar-refractivity contribution in [3.05, 3.63) is 126 Å². The van der Waals surface area contributed by atoms with Gasteiger partial charge in [0.05, 0.1) is 25.4 Å². The molecule has 4 heterocycles. The molecule has 0 saturated carbocycles. The molecule has 2 aliphatic heterocycles. The Morgan fingerprint density at radius 3 is 1.62 bits per heavy atom. The summed E-state index contributed by atoms with van der Waals surface area (Å²) in [6.07, 6.45) is -1.71. The summed E-state index contributed by atoms with van der Waals surface area (Å²) < 4.78 is 42.0. The van der Waals surface area contributed by atoms with Crippen LogP contribution in [0.4, 0.5) is 0 Å². The average molecular weight is 915 g/mol. The van der Waals surface area contributed by atoms with Gasteiger partial charge in [-0.1, -0.05) is 102 Å². The highest BCUT2D eigenvalue weighted by Crippen LogP contribution is 2.50. The van der Waals surface area contributed by atoms with Gasteiger partial charge in [-0.05, 0) is 59.2 Å². The molecule has 2 aromatic carbocycles. The van der Waals surface area contributed by atoms with Crippen LogP contribution in [0.2, 0.25) is 23.2 Å². The molecule has 15 nitrogen and oxygen atoms in total. The monoisotopic (exact) mass is 914 g/mol. The molecule has 0 spiro atoms. The number of aromatic amines is 2. The van der Waals surface area contributed by atoms with Gasteiger partial charge in [-0.15, -0.1) is 0 Å². The van der Waals surface area contributed by atoms with Crippen molar-refractivity contribution in [3.8, 4) is 0 Å². The third-order valence-electron chi connectivity index (χ3n) is 12.1. The predicted molar refractivity (Wildman–Crippen MR) is 242 cm³/mol. The maximum atomic E-state index is 13.2. The number of nitrogens with one attached hydrogen (secondary N) is 2. The van der Waals surface area contributed by atoms with E-state index < -0.39 is 87.8 Å². The number of nitrogens with zero attached hydrogens (tertiary/aromatic N) is 2. The first-order valence-electron chi connectivity index (χ1n) is 20.5. The minimum Gasteiger partial charge on any atom is -0.414 e. The van der Waals surface area contributed by atoms with Gasteiger partial charge in [0.2, 0.25) is 0 Å². The minimum absolute atomic E-state index is 0.0926. The van der Waals surface area contributed by atoms with Gasteiger partial charge in [-0.3, -0.25) is 28.7 Å². The van der Waals surface area contributed by atoms with Crippen molar-refractivity contribution >= 4 is 45.5 Å². The SMILES string of the molecule is Cc1cn([C@H]2C[C@H](O[Si](c3ccccc3)(c3ccccc3)C(C)(C)C)[C@@H](COP(O)(=S)O[C@H]3C[C@H](n4cc(C)c(=O)[nH]c4=O)O[C@@H]3CO[Si](C)(C)C(C)(C)C)O2)c(=O)[nH]c1=O. The lowest BCUT2D eigenvalue weighted by Crippen LogP contribution is -2.68. The topological polar surface area (TPSA) is 185 Å². The molecular formula is C42H59N4O11PSSi2. The van der Waals surface area contributed by atoms with Crippen LogP contribution < -0.4 is 32.9 Å². The largest absolute Gasteiger partial charge is 0.414 e. The van der Waals surface area contributed by atoms with Gasteiger partial charge in [-0.25, -0.2) is 9.59 Å². The number of rotatable bonds is 14. The summed E-state index contributed by atoms with van der Waals surface area (Å²) in [5, 5.41) is 1.53. The number of H-pyrrole nitrogens is 2. The molecule has 0 radical (unpaired) electrons. The summed E-state index contributed by atoms with van der Waals surface area (Å²) in [7, 11) is -5.48. The van der Waals surface area contributed by atoms with Gasteiger partial charge in [-0.2, -0.15) is 0 Å². The fourth-order valence-corrected chi connectivity index (χ4v) is 14.9. The van der Waals surface area contributed by atoms with E-state index in [2.05, 4.69) is 88.9 Å². The van der Waals surface area contributed by atoms with E-state index in [0.29, 0.717) is 11.1 Å². The molecule has 2 saturated heterocycles. The number of hydrogen-bond acceptors (Lipinski definition) is 11. The molecule has 61 heavy (non-hydrogen) atoms. The van der Waals surface area contributed by atoms with Gasteiger partial charge in [0.1, 0.15) is 24.7 Å². The van der Waals surface area contributed by atoms with E-state index in [1.54, 1.807) is 13.8 Å². The fourth-order valence-electron chi connectivity index (χ4n) is 7.67. The minimum atomic E-state index is -4.09. The Labute approximate surface area is 362 Å². The van der Waals surface area contributed by atoms with Crippen LogP contribution in [0, 0.1) is 13.8 Å². The zero-order valence-electron chi connectivity index (χ0n) is 36.5. The molecule has 3 N–H and O–H groups in total. The quantitative estimate of drug-likeness (QED) is 0.116. The number of aryl methyl sites for hydroxylation is 2. The molecule has 0 amide bonds. The standard InChI is InChI=1S/C42H59N4O11PSSi2/c1-27-23-45(39(49)43-37(27)47)35-21-31(34(55-35)26-53-60(9,10)41(3,4)5)56-58(51,59)52-25-33-32(22-36(54-33)46-24-28(2)38(48)44-40(46)50)57-61(42(6,7)8,29-17-13-11-14-18-29)30-19-15-12-16-20-30/h11-20,23-24,31-36H,21-22,25-26H2,1-10H3,(H,51,59)(H,43,47,49)(H,44,48,50)/t31-,32-,33+,34+,35+,36+,58?/m0/s1. The Bertz CT molecular complexity index is 2430. The molecule has 6 rings (SSSR count). The van der Waals surface area contributed by atoms with Crippen LogP contribution in [0.5, 0.6) is 0 Å². The highest BCUT2D eigenvalue weighted by Gasteiger charge is 2.54. The van der Waals surface area contributed by atoms with Crippen LogP contribution in [0.15, 0.2) is 92.2 Å². The molecule has 4 aromatic rings. The highest BCUT2D eigenvalue weighted by molar-refractivity contribution is 8.07. The van der Waals surface area contributed by atoms with E-state index in [1.807, 2.05) is 36.4 Å². The van der Waals surface area contributed by atoms with E-state index in [1.165, 1.54) is 21.5 Å². The van der Waals surface area contributed by atoms with Crippen LogP contribution in [0.3, 0.4) is 0 Å². The van der Waals surface area contributed by atoms with Crippen molar-refractivity contribution in [1.82, 2.24) is 19.1 Å². The van der Waals surface area contributed by atoms with Gasteiger partial charge in [0.25, 0.3) is 19.4 Å². The van der Waals surface area contributed by atoms with Gasteiger partial charge < -0.3 is 32.3 Å². The highest BCUT2D eigenvalue weighted by atomic mass is 32.5. The number of benzene rings is 2. The van der Waals surface area contributed by atoms with Crippen molar-refractivity contribution in [2.75, 3.05) is 13.2 Å². The maximum Gasteiger partial charge on any atom is 0.330 e. The van der Waals surface area contributed by atoms with Crippen LogP contribution in [0.25, 0.3) is 0 Å². The Kier molecular flexibility index (Phi) is 13.9. The predicted octanol–water partition coefficient (Wildman–Crippen LogP) is 4.86. The third kappa shape index (κ3) is 10.2. The molecule has 0 bridgehead atoms. The Hall–Kier alpha value is -3.40. The van der Waals surface area contributed by atoms with Crippen LogP contribution >= 0.6 is 6.72 Å². The van der Waals surface area contributed by atoms with Crippen LogP contribution in [-0.4, -0.2) is 78.3 Å². The summed E-state index contributed by atoms with van der Waals surface area (Å²) in [6, 6.07) is 20.2. The Morgan fingerprint density at radius 2 is 1.18 bits per heavy atom. The van der Waals surface area contributed by atoms with Gasteiger partial charge in [0.15, 0.2) is 8.32 Å². The number of hydrogen-bond donors (Lipinski definition) is 3. The summed E-state index contributed by atoms with van der Waals surface area (Å²) in [5.41, 5.74) is -1.64. The van der Waals surface area contributed by atoms with Crippen molar-refractivity contribution in [2.24, 2.45) is 0 Å². The van der Waals surface area contributed by atoms with E-state index in [-0.39, 0.29) is 31.1 Å². The van der Waals surface area contributed by atoms with Crippen molar-refractivity contribution < 1.29 is 32.3 Å². The summed E-state index contributed by atoms with van der Waals surface area (Å²) >= 11 is 5.68. The van der Waals surface area contributed by atoms with E-state index >= 15 is 0 Å². The molecule has 2 aromatic heterocycles. The van der Waals surface area contributed by atoms with Gasteiger partial charge >= 0.3 is 18.1 Å². The van der Waals surface area contributed by atoms with Crippen molar-refractivity contribution in [3.63, 3.8) is 0 Å². The number of aromatic nitrogens is 4. The first-order valence-corrected chi connectivity index (χ1v) is 27.9. The lowest BCUT2D eigenvalue weighted by atomic mass is 10.2. The maximum absolute atomic E-state index is 13.2. The summed E-state index contributed by atoms with van der Waals surface area (Å²) in [4.78, 5) is 67.2. The summed E-state index contributed by atoms with van der Waals surface area (Å²) in [6.45, 7) is 15.9. The fraction of sp³-hybridized carbons (Fsp3) is 0.524. The second-order valence-electron chi connectivity index (χ2n) is 18.5. The van der Waals surface area contributed by atoms with E-state index in [4.69, 9.17) is 39.2 Å². The Morgan fingerprint density at radius 1 is 0.738 bits per heavy atom. The second-order valence-corrected chi connectivity index (χ2v) is 30.3. The Balaban J connectivity index is 1.31. The van der Waals surface area contributed by atoms with E-state index in [9.17, 15) is 24.1 Å². The second kappa shape index (κ2) is 18.0. The molecule has 1 unspecified atom stereocenters. The molecule has 332 valence electrons. The molecule has 0 aliphatic carbocycles. The zero-order valence-corrected chi connectivity index (χ0v) is 40.2. The molecule has 7 atom stereocenters. The van der Waals surface area contributed by atoms with Crippen molar-refractivity contribution in [1.29, 1.82) is 0 Å². The summed E-state index contributed by atoms with van der Waals surface area (Å²) in [5.74, 6) is 0.